The van der Waals surface area contributed by atoms with E-state index in [0.29, 0.717) is 5.69 Å². The van der Waals surface area contributed by atoms with Crippen molar-refractivity contribution in [3.63, 3.8) is 0 Å². The van der Waals surface area contributed by atoms with Crippen LogP contribution < -0.4 is 15.4 Å². The minimum Gasteiger partial charge on any atom is -0.489 e. The van der Waals surface area contributed by atoms with Crippen LogP contribution in [0.15, 0.2) is 72.9 Å². The van der Waals surface area contributed by atoms with Crippen LogP contribution in [0.2, 0.25) is 0 Å². The second-order valence-corrected chi connectivity index (χ2v) is 6.83. The number of hydrogen-bond acceptors (Lipinski definition) is 4. The molecule has 1 amide bonds. The van der Waals surface area contributed by atoms with Crippen molar-refractivity contribution in [3.05, 3.63) is 84.2 Å². The van der Waals surface area contributed by atoms with E-state index in [4.69, 9.17) is 4.74 Å². The number of aromatic nitrogens is 1. The SMILES string of the molecule is CC(C)Oc1ccccc1Nc1ccc(C(=O)NC(C)c2ccccc2)nc1. The summed E-state index contributed by atoms with van der Waals surface area (Å²) in [5, 5.41) is 6.26. The molecule has 3 aromatic rings. The first-order valence-corrected chi connectivity index (χ1v) is 9.37. The van der Waals surface area contributed by atoms with Gasteiger partial charge in [-0.2, -0.15) is 0 Å². The number of nitrogens with one attached hydrogen (secondary N) is 2. The molecular weight excluding hydrogens is 350 g/mol. The second kappa shape index (κ2) is 9.04. The average Bonchev–Trinajstić information content (AvgIpc) is 2.70. The van der Waals surface area contributed by atoms with Crippen LogP contribution in [0, 0.1) is 0 Å². The van der Waals surface area contributed by atoms with Crippen LogP contribution in [0.3, 0.4) is 0 Å². The number of benzene rings is 2. The molecule has 0 aliphatic rings. The largest absolute Gasteiger partial charge is 0.489 e. The van der Waals surface area contributed by atoms with Crippen molar-refractivity contribution < 1.29 is 9.53 Å². The van der Waals surface area contributed by atoms with Gasteiger partial charge in [-0.05, 0) is 50.6 Å². The molecule has 0 aliphatic heterocycles. The van der Waals surface area contributed by atoms with Gasteiger partial charge >= 0.3 is 0 Å². The third-order valence-corrected chi connectivity index (χ3v) is 4.17. The van der Waals surface area contributed by atoms with E-state index < -0.39 is 0 Å². The van der Waals surface area contributed by atoms with E-state index >= 15 is 0 Å². The summed E-state index contributed by atoms with van der Waals surface area (Å²) < 4.78 is 5.82. The van der Waals surface area contributed by atoms with Gasteiger partial charge in [-0.3, -0.25) is 4.79 Å². The Morgan fingerprint density at radius 1 is 0.929 bits per heavy atom. The van der Waals surface area contributed by atoms with Crippen molar-refractivity contribution in [1.29, 1.82) is 0 Å². The van der Waals surface area contributed by atoms with Gasteiger partial charge in [0.2, 0.25) is 0 Å². The van der Waals surface area contributed by atoms with E-state index in [1.54, 1.807) is 12.3 Å². The van der Waals surface area contributed by atoms with Crippen LogP contribution in [-0.4, -0.2) is 17.0 Å². The van der Waals surface area contributed by atoms with Crippen molar-refractivity contribution in [1.82, 2.24) is 10.3 Å². The van der Waals surface area contributed by atoms with E-state index in [-0.39, 0.29) is 18.1 Å². The fourth-order valence-electron chi connectivity index (χ4n) is 2.78. The number of amides is 1. The lowest BCUT2D eigenvalue weighted by Gasteiger charge is -2.16. The summed E-state index contributed by atoms with van der Waals surface area (Å²) in [5.41, 5.74) is 3.07. The number of pyridine rings is 1. The molecule has 5 heteroatoms. The number of carbonyl (C=O) groups excluding carboxylic acids is 1. The van der Waals surface area contributed by atoms with Gasteiger partial charge in [0.05, 0.1) is 29.7 Å². The highest BCUT2D eigenvalue weighted by Crippen LogP contribution is 2.28. The standard InChI is InChI=1S/C23H25N3O2/c1-16(2)28-22-12-8-7-11-20(22)26-19-13-14-21(24-15-19)23(27)25-17(3)18-9-5-4-6-10-18/h4-17,26H,1-3H3,(H,25,27). The summed E-state index contributed by atoms with van der Waals surface area (Å²) in [4.78, 5) is 16.8. The van der Waals surface area contributed by atoms with Crippen molar-refractivity contribution >= 4 is 17.3 Å². The van der Waals surface area contributed by atoms with Crippen molar-refractivity contribution in [3.8, 4) is 5.75 Å². The first-order chi connectivity index (χ1) is 13.5. The maximum Gasteiger partial charge on any atom is 0.270 e. The first kappa shape index (κ1) is 19.4. The Bertz CT molecular complexity index is 909. The molecule has 3 rings (SSSR count). The Labute approximate surface area is 165 Å². The second-order valence-electron chi connectivity index (χ2n) is 6.83. The molecule has 1 heterocycles. The molecule has 0 radical (unpaired) electrons. The number of nitrogens with zero attached hydrogens (tertiary/aromatic N) is 1. The van der Waals surface area contributed by atoms with Gasteiger partial charge in [-0.25, -0.2) is 4.98 Å². The minimum atomic E-state index is -0.202. The summed E-state index contributed by atoms with van der Waals surface area (Å²) in [5.74, 6) is 0.572. The van der Waals surface area contributed by atoms with Crippen LogP contribution in [0.4, 0.5) is 11.4 Å². The van der Waals surface area contributed by atoms with E-state index in [0.717, 1.165) is 22.7 Å². The maximum absolute atomic E-state index is 12.5. The smallest absolute Gasteiger partial charge is 0.270 e. The Kier molecular flexibility index (Phi) is 6.27. The molecule has 0 saturated carbocycles. The zero-order valence-electron chi connectivity index (χ0n) is 16.3. The van der Waals surface area contributed by atoms with Gasteiger partial charge in [0.15, 0.2) is 0 Å². The molecule has 28 heavy (non-hydrogen) atoms. The minimum absolute atomic E-state index is 0.0822. The van der Waals surface area contributed by atoms with Crippen molar-refractivity contribution in [2.24, 2.45) is 0 Å². The highest BCUT2D eigenvalue weighted by Gasteiger charge is 2.13. The van der Waals surface area contributed by atoms with Crippen molar-refractivity contribution in [2.75, 3.05) is 5.32 Å². The molecule has 0 fully saturated rings. The summed E-state index contributed by atoms with van der Waals surface area (Å²) in [6.07, 6.45) is 1.73. The van der Waals surface area contributed by atoms with E-state index in [9.17, 15) is 4.79 Å². The molecule has 2 N–H and O–H groups in total. The number of hydrogen-bond donors (Lipinski definition) is 2. The number of para-hydroxylation sites is 2. The van der Waals surface area contributed by atoms with E-state index in [1.165, 1.54) is 0 Å². The number of anilines is 2. The van der Waals surface area contributed by atoms with Crippen LogP contribution in [0.25, 0.3) is 0 Å². The molecular formula is C23H25N3O2. The van der Waals surface area contributed by atoms with Crippen molar-refractivity contribution in [2.45, 2.75) is 32.9 Å². The Hall–Kier alpha value is -3.34. The van der Waals surface area contributed by atoms with E-state index in [2.05, 4.69) is 15.6 Å². The van der Waals surface area contributed by atoms with Crippen LogP contribution in [0.5, 0.6) is 5.75 Å². The van der Waals surface area contributed by atoms with Crippen LogP contribution in [0.1, 0.15) is 42.9 Å². The lowest BCUT2D eigenvalue weighted by Crippen LogP contribution is -2.27. The Morgan fingerprint density at radius 2 is 1.64 bits per heavy atom. The monoisotopic (exact) mass is 375 g/mol. The van der Waals surface area contributed by atoms with Crippen LogP contribution in [-0.2, 0) is 0 Å². The molecule has 5 nitrogen and oxygen atoms in total. The molecule has 1 atom stereocenters. The van der Waals surface area contributed by atoms with Gasteiger partial charge in [0.1, 0.15) is 11.4 Å². The zero-order chi connectivity index (χ0) is 19.9. The molecule has 2 aromatic carbocycles. The zero-order valence-corrected chi connectivity index (χ0v) is 16.3. The Morgan fingerprint density at radius 3 is 2.32 bits per heavy atom. The van der Waals surface area contributed by atoms with Gasteiger partial charge in [0, 0.05) is 0 Å². The average molecular weight is 375 g/mol. The quantitative estimate of drug-likeness (QED) is 0.603. The summed E-state index contributed by atoms with van der Waals surface area (Å²) in [6.45, 7) is 5.93. The summed E-state index contributed by atoms with van der Waals surface area (Å²) in [7, 11) is 0. The summed E-state index contributed by atoms with van der Waals surface area (Å²) in [6, 6.07) is 21.0. The molecule has 0 spiro atoms. The van der Waals surface area contributed by atoms with Gasteiger partial charge in [-0.1, -0.05) is 42.5 Å². The number of ether oxygens (including phenoxy) is 1. The van der Waals surface area contributed by atoms with Gasteiger partial charge in [-0.15, -0.1) is 0 Å². The Balaban J connectivity index is 1.66. The predicted octanol–water partition coefficient (Wildman–Crippen LogP) is 5.10. The fraction of sp³-hybridized carbons (Fsp3) is 0.217. The third kappa shape index (κ3) is 5.10. The topological polar surface area (TPSA) is 63.2 Å². The third-order valence-electron chi connectivity index (χ3n) is 4.17. The highest BCUT2D eigenvalue weighted by molar-refractivity contribution is 5.92. The molecule has 1 aromatic heterocycles. The normalized spacial score (nSPS) is 11.7. The fourth-order valence-corrected chi connectivity index (χ4v) is 2.78. The number of carbonyl (C=O) groups is 1. The molecule has 144 valence electrons. The van der Waals surface area contributed by atoms with E-state index in [1.807, 2.05) is 81.4 Å². The molecule has 1 unspecified atom stereocenters. The van der Waals surface area contributed by atoms with Gasteiger partial charge < -0.3 is 15.4 Å². The molecule has 0 saturated heterocycles. The molecule has 0 aliphatic carbocycles. The maximum atomic E-state index is 12.5. The highest BCUT2D eigenvalue weighted by atomic mass is 16.5. The summed E-state index contributed by atoms with van der Waals surface area (Å²) >= 11 is 0. The molecule has 0 bridgehead atoms. The first-order valence-electron chi connectivity index (χ1n) is 9.37. The lowest BCUT2D eigenvalue weighted by molar-refractivity contribution is 0.0935. The lowest BCUT2D eigenvalue weighted by atomic mass is 10.1. The predicted molar refractivity (Wildman–Crippen MR) is 112 cm³/mol. The van der Waals surface area contributed by atoms with Gasteiger partial charge in [0.25, 0.3) is 5.91 Å². The van der Waals surface area contributed by atoms with Crippen LogP contribution >= 0.6 is 0 Å². The number of rotatable bonds is 7.